The van der Waals surface area contributed by atoms with Gasteiger partial charge >= 0.3 is 0 Å². The molecule has 0 aromatic rings. The molecule has 0 saturated heterocycles. The number of rotatable bonds is 5. The van der Waals surface area contributed by atoms with Crippen LogP contribution in [0, 0.1) is 5.92 Å². The van der Waals surface area contributed by atoms with Crippen LogP contribution in [-0.2, 0) is 14.3 Å². The molecule has 0 aliphatic rings. The Kier molecular flexibility index (Phi) is 4.63. The number of nitrogens with one attached hydrogen (secondary N) is 1. The highest BCUT2D eigenvalue weighted by molar-refractivity contribution is 7.85. The molecule has 0 aliphatic heterocycles. The predicted octanol–water partition coefficient (Wildman–Crippen LogP) is -0.182. The van der Waals surface area contributed by atoms with Crippen LogP contribution < -0.4 is 5.32 Å². The van der Waals surface area contributed by atoms with Gasteiger partial charge < -0.3 is 5.32 Å². The fourth-order valence-corrected chi connectivity index (χ4v) is 1.13. The first-order valence-electron chi connectivity index (χ1n) is 3.44. The summed E-state index contributed by atoms with van der Waals surface area (Å²) in [6.07, 6.45) is 1.05. The molecule has 0 aromatic heterocycles. The first kappa shape index (κ1) is 10.9. The zero-order chi connectivity index (χ0) is 8.91. The van der Waals surface area contributed by atoms with Crippen molar-refractivity contribution in [1.82, 2.24) is 5.32 Å². The Labute approximate surface area is 68.1 Å². The molecule has 0 aromatic carbocycles. The van der Waals surface area contributed by atoms with E-state index in [4.69, 9.17) is 0 Å². The summed E-state index contributed by atoms with van der Waals surface area (Å²) in [5.41, 5.74) is 0. The molecule has 0 fully saturated rings. The predicted molar refractivity (Wildman–Crippen MR) is 43.9 cm³/mol. The molecule has 1 N–H and O–H groups in total. The maximum Gasteiger partial charge on any atom is 0.264 e. The van der Waals surface area contributed by atoms with Gasteiger partial charge in [0, 0.05) is 0 Å². The first-order valence-corrected chi connectivity index (χ1v) is 5.26. The molecule has 11 heavy (non-hydrogen) atoms. The van der Waals surface area contributed by atoms with Crippen LogP contribution in [0.3, 0.4) is 0 Å². The van der Waals surface area contributed by atoms with Crippen molar-refractivity contribution in [3.05, 3.63) is 0 Å². The summed E-state index contributed by atoms with van der Waals surface area (Å²) in [7, 11) is -1.45. The minimum absolute atomic E-state index is 0.217. The molecule has 0 rings (SSSR count). The third-order valence-electron chi connectivity index (χ3n) is 1.12. The minimum Gasteiger partial charge on any atom is -0.319 e. The lowest BCUT2D eigenvalue weighted by atomic mass is 10.2. The Balaban J connectivity index is 3.54. The lowest BCUT2D eigenvalue weighted by molar-refractivity contribution is 0.265. The van der Waals surface area contributed by atoms with Crippen LogP contribution in [0.5, 0.6) is 0 Å². The molecule has 0 amide bonds. The highest BCUT2D eigenvalue weighted by Gasteiger charge is 2.05. The molecule has 68 valence electrons. The Morgan fingerprint density at radius 2 is 2.09 bits per heavy atom. The van der Waals surface area contributed by atoms with Gasteiger partial charge in [-0.05, 0) is 19.5 Å². The van der Waals surface area contributed by atoms with Crippen LogP contribution in [0.25, 0.3) is 0 Å². The first-order chi connectivity index (χ1) is 4.95. The van der Waals surface area contributed by atoms with Crippen molar-refractivity contribution < 1.29 is 12.6 Å². The van der Waals surface area contributed by atoms with E-state index in [0.29, 0.717) is 0 Å². The SMILES string of the molecule is CNC[C@@H](C)COS(C)(=O)=O. The van der Waals surface area contributed by atoms with Crippen molar-refractivity contribution in [2.75, 3.05) is 26.5 Å². The quantitative estimate of drug-likeness (QED) is 0.598. The Hall–Kier alpha value is -0.130. The number of hydrogen-bond acceptors (Lipinski definition) is 4. The highest BCUT2D eigenvalue weighted by atomic mass is 32.2. The summed E-state index contributed by atoms with van der Waals surface area (Å²) in [4.78, 5) is 0. The van der Waals surface area contributed by atoms with Crippen molar-refractivity contribution >= 4 is 10.1 Å². The average molecular weight is 181 g/mol. The van der Waals surface area contributed by atoms with E-state index < -0.39 is 10.1 Å². The van der Waals surface area contributed by atoms with Crippen molar-refractivity contribution in [3.8, 4) is 0 Å². The molecule has 0 radical (unpaired) electrons. The van der Waals surface area contributed by atoms with Crippen molar-refractivity contribution in [1.29, 1.82) is 0 Å². The van der Waals surface area contributed by atoms with Crippen LogP contribution in [0.2, 0.25) is 0 Å². The van der Waals surface area contributed by atoms with E-state index in [0.717, 1.165) is 12.8 Å². The zero-order valence-electron chi connectivity index (χ0n) is 7.12. The van der Waals surface area contributed by atoms with Gasteiger partial charge in [0.25, 0.3) is 10.1 Å². The molecule has 0 saturated carbocycles. The topological polar surface area (TPSA) is 55.4 Å². The Morgan fingerprint density at radius 3 is 2.45 bits per heavy atom. The van der Waals surface area contributed by atoms with Gasteiger partial charge in [0.1, 0.15) is 0 Å². The molecular weight excluding hydrogens is 166 g/mol. The molecular formula is C6H15NO3S. The van der Waals surface area contributed by atoms with Gasteiger partial charge in [-0.3, -0.25) is 4.18 Å². The molecule has 0 aliphatic carbocycles. The normalized spacial score (nSPS) is 14.8. The molecule has 5 heteroatoms. The molecule has 1 atom stereocenters. The molecule has 0 bridgehead atoms. The second kappa shape index (κ2) is 4.69. The lowest BCUT2D eigenvalue weighted by Crippen LogP contribution is -2.21. The fourth-order valence-electron chi connectivity index (χ4n) is 0.647. The average Bonchev–Trinajstić information content (AvgIpc) is 1.83. The lowest BCUT2D eigenvalue weighted by Gasteiger charge is -2.08. The van der Waals surface area contributed by atoms with E-state index in [1.807, 2.05) is 14.0 Å². The summed E-state index contributed by atoms with van der Waals surface area (Å²) in [6.45, 7) is 2.93. The van der Waals surface area contributed by atoms with E-state index in [9.17, 15) is 8.42 Å². The smallest absolute Gasteiger partial charge is 0.264 e. The Bertz CT molecular complexity index is 188. The fraction of sp³-hybridized carbons (Fsp3) is 1.00. The van der Waals surface area contributed by atoms with Crippen molar-refractivity contribution in [3.63, 3.8) is 0 Å². The van der Waals surface area contributed by atoms with Crippen molar-refractivity contribution in [2.24, 2.45) is 5.92 Å². The van der Waals surface area contributed by atoms with Gasteiger partial charge in [0.15, 0.2) is 0 Å². The van der Waals surface area contributed by atoms with Gasteiger partial charge in [-0.15, -0.1) is 0 Å². The number of hydrogen-bond donors (Lipinski definition) is 1. The van der Waals surface area contributed by atoms with Gasteiger partial charge in [-0.2, -0.15) is 8.42 Å². The van der Waals surface area contributed by atoms with E-state index in [-0.39, 0.29) is 12.5 Å². The largest absolute Gasteiger partial charge is 0.319 e. The second-order valence-corrected chi connectivity index (χ2v) is 4.30. The third kappa shape index (κ3) is 7.77. The monoisotopic (exact) mass is 181 g/mol. The molecule has 0 spiro atoms. The van der Waals surface area contributed by atoms with Crippen LogP contribution >= 0.6 is 0 Å². The second-order valence-electron chi connectivity index (χ2n) is 2.65. The van der Waals surface area contributed by atoms with E-state index in [1.54, 1.807) is 0 Å². The van der Waals surface area contributed by atoms with E-state index in [1.165, 1.54) is 0 Å². The summed E-state index contributed by atoms with van der Waals surface area (Å²) in [5.74, 6) is 0.217. The zero-order valence-corrected chi connectivity index (χ0v) is 7.94. The third-order valence-corrected chi connectivity index (χ3v) is 1.68. The van der Waals surface area contributed by atoms with Crippen LogP contribution in [-0.4, -0.2) is 34.9 Å². The van der Waals surface area contributed by atoms with Crippen LogP contribution in [0.15, 0.2) is 0 Å². The van der Waals surface area contributed by atoms with Gasteiger partial charge in [-0.1, -0.05) is 6.92 Å². The molecule has 0 unspecified atom stereocenters. The Morgan fingerprint density at radius 1 is 1.55 bits per heavy atom. The van der Waals surface area contributed by atoms with E-state index >= 15 is 0 Å². The standard InChI is InChI=1S/C6H15NO3S/c1-6(4-7-2)5-10-11(3,8)9/h6-7H,4-5H2,1-3H3/t6-/m1/s1. The van der Waals surface area contributed by atoms with Crippen molar-refractivity contribution in [2.45, 2.75) is 6.92 Å². The van der Waals surface area contributed by atoms with Gasteiger partial charge in [-0.25, -0.2) is 0 Å². The van der Waals surface area contributed by atoms with Crippen LogP contribution in [0.4, 0.5) is 0 Å². The maximum absolute atomic E-state index is 10.5. The summed E-state index contributed by atoms with van der Waals surface area (Å²) in [6, 6.07) is 0. The van der Waals surface area contributed by atoms with Gasteiger partial charge in [0.2, 0.25) is 0 Å². The van der Waals surface area contributed by atoms with Gasteiger partial charge in [0.05, 0.1) is 12.9 Å². The highest BCUT2D eigenvalue weighted by Crippen LogP contribution is 1.96. The minimum atomic E-state index is -3.27. The van der Waals surface area contributed by atoms with E-state index in [2.05, 4.69) is 9.50 Å². The maximum atomic E-state index is 10.5. The summed E-state index contributed by atoms with van der Waals surface area (Å²) in [5, 5.41) is 2.93. The van der Waals surface area contributed by atoms with Crippen LogP contribution in [0.1, 0.15) is 6.92 Å². The molecule has 4 nitrogen and oxygen atoms in total. The summed E-state index contributed by atoms with van der Waals surface area (Å²) < 4.78 is 25.6. The summed E-state index contributed by atoms with van der Waals surface area (Å²) >= 11 is 0. The molecule has 0 heterocycles.